The Kier molecular flexibility index (Phi) is 6.09. The van der Waals surface area contributed by atoms with E-state index in [0.29, 0.717) is 6.04 Å². The molecular weight excluding hydrogens is 228 g/mol. The van der Waals surface area contributed by atoms with Crippen LogP contribution in [0.25, 0.3) is 0 Å². The summed E-state index contributed by atoms with van der Waals surface area (Å²) in [6.07, 6.45) is 3.79. The summed E-state index contributed by atoms with van der Waals surface area (Å²) in [5.41, 5.74) is -0.478. The molecule has 0 saturated carbocycles. The van der Waals surface area contributed by atoms with Crippen molar-refractivity contribution in [3.05, 3.63) is 0 Å². The molecule has 1 N–H and O–H groups in total. The molecule has 1 saturated heterocycles. The minimum atomic E-state index is -0.478. The van der Waals surface area contributed by atoms with E-state index in [0.717, 1.165) is 45.3 Å². The van der Waals surface area contributed by atoms with Crippen molar-refractivity contribution in [2.45, 2.75) is 58.0 Å². The maximum absolute atomic E-state index is 12.2. The molecule has 2 atom stereocenters. The summed E-state index contributed by atoms with van der Waals surface area (Å²) in [6.45, 7) is 9.55. The largest absolute Gasteiger partial charge is 0.468 e. The zero-order valence-electron chi connectivity index (χ0n) is 12.3. The van der Waals surface area contributed by atoms with Crippen molar-refractivity contribution >= 4 is 5.97 Å². The lowest BCUT2D eigenvalue weighted by atomic mass is 9.89. The number of hydrogen-bond donors (Lipinski definition) is 1. The molecule has 1 rings (SSSR count). The van der Waals surface area contributed by atoms with E-state index in [4.69, 9.17) is 4.74 Å². The van der Waals surface area contributed by atoms with Crippen LogP contribution in [0.1, 0.15) is 46.5 Å². The third-order valence-electron chi connectivity index (χ3n) is 4.09. The second-order valence-electron chi connectivity index (χ2n) is 5.32. The van der Waals surface area contributed by atoms with Gasteiger partial charge >= 0.3 is 5.97 Å². The fraction of sp³-hybridized carbons (Fsp3) is 0.929. The summed E-state index contributed by atoms with van der Waals surface area (Å²) in [5, 5.41) is 3.52. The number of methoxy groups -OCH3 is 1. The van der Waals surface area contributed by atoms with Crippen LogP contribution in [0.5, 0.6) is 0 Å². The Bertz CT molecular complexity index is 271. The Labute approximate surface area is 111 Å². The molecule has 1 fully saturated rings. The van der Waals surface area contributed by atoms with E-state index in [9.17, 15) is 4.79 Å². The van der Waals surface area contributed by atoms with Gasteiger partial charge < -0.3 is 9.64 Å². The van der Waals surface area contributed by atoms with E-state index in [1.54, 1.807) is 0 Å². The third-order valence-corrected chi connectivity index (χ3v) is 4.09. The van der Waals surface area contributed by atoms with E-state index in [1.165, 1.54) is 7.11 Å². The van der Waals surface area contributed by atoms with Gasteiger partial charge in [-0.3, -0.25) is 10.1 Å². The summed E-state index contributed by atoms with van der Waals surface area (Å²) in [4.78, 5) is 14.6. The molecule has 4 heteroatoms. The first-order valence-corrected chi connectivity index (χ1v) is 7.16. The number of hydrogen-bond acceptors (Lipinski definition) is 4. The van der Waals surface area contributed by atoms with Gasteiger partial charge in [0.05, 0.1) is 7.11 Å². The second kappa shape index (κ2) is 7.10. The van der Waals surface area contributed by atoms with Crippen molar-refractivity contribution in [3.8, 4) is 0 Å². The van der Waals surface area contributed by atoms with Crippen molar-refractivity contribution < 1.29 is 9.53 Å². The molecule has 0 spiro atoms. The summed E-state index contributed by atoms with van der Waals surface area (Å²) < 4.78 is 5.04. The Hall–Kier alpha value is -0.610. The molecule has 0 aromatic rings. The molecule has 0 aliphatic carbocycles. The van der Waals surface area contributed by atoms with Gasteiger partial charge in [-0.15, -0.1) is 0 Å². The van der Waals surface area contributed by atoms with Crippen molar-refractivity contribution in [1.29, 1.82) is 0 Å². The van der Waals surface area contributed by atoms with Gasteiger partial charge in [0, 0.05) is 12.6 Å². The predicted octanol–water partition coefficient (Wildman–Crippen LogP) is 1.79. The Balaban J connectivity index is 2.80. The van der Waals surface area contributed by atoms with Gasteiger partial charge in [-0.2, -0.15) is 0 Å². The molecular formula is C14H28N2O2. The van der Waals surface area contributed by atoms with E-state index in [2.05, 4.69) is 31.0 Å². The molecule has 18 heavy (non-hydrogen) atoms. The first-order valence-electron chi connectivity index (χ1n) is 7.16. The smallest absolute Gasteiger partial charge is 0.326 e. The zero-order chi connectivity index (χ0) is 13.6. The Morgan fingerprint density at radius 3 is 2.67 bits per heavy atom. The summed E-state index contributed by atoms with van der Waals surface area (Å²) in [5.74, 6) is -0.0965. The summed E-state index contributed by atoms with van der Waals surface area (Å²) in [6, 6.07) is 0.345. The van der Waals surface area contributed by atoms with Gasteiger partial charge in [0.1, 0.15) is 5.54 Å². The van der Waals surface area contributed by atoms with E-state index < -0.39 is 5.54 Å². The third kappa shape index (κ3) is 3.69. The number of ether oxygens (including phenoxy) is 1. The van der Waals surface area contributed by atoms with Crippen LogP contribution in [0.3, 0.4) is 0 Å². The fourth-order valence-electron chi connectivity index (χ4n) is 2.68. The highest BCUT2D eigenvalue weighted by atomic mass is 16.5. The molecule has 4 nitrogen and oxygen atoms in total. The van der Waals surface area contributed by atoms with E-state index >= 15 is 0 Å². The van der Waals surface area contributed by atoms with Gasteiger partial charge in [-0.1, -0.05) is 13.8 Å². The lowest BCUT2D eigenvalue weighted by molar-refractivity contribution is -0.149. The number of carbonyl (C=O) groups excluding carboxylic acids is 1. The molecule has 106 valence electrons. The molecule has 0 aromatic carbocycles. The normalized spacial score (nSPS) is 27.6. The van der Waals surface area contributed by atoms with Crippen LogP contribution >= 0.6 is 0 Å². The molecule has 1 heterocycles. The second-order valence-corrected chi connectivity index (χ2v) is 5.32. The van der Waals surface area contributed by atoms with Crippen LogP contribution < -0.4 is 5.32 Å². The SMILES string of the molecule is CCC(C)NC1(C(=O)OC)CCCN(CC)CC1. The number of rotatable bonds is 5. The molecule has 1 aliphatic rings. The van der Waals surface area contributed by atoms with Crippen LogP contribution in [-0.2, 0) is 9.53 Å². The number of carbonyl (C=O) groups is 1. The topological polar surface area (TPSA) is 41.6 Å². The number of nitrogens with one attached hydrogen (secondary N) is 1. The molecule has 0 bridgehead atoms. The highest BCUT2D eigenvalue weighted by molar-refractivity contribution is 5.80. The molecule has 2 unspecified atom stereocenters. The molecule has 0 aromatic heterocycles. The van der Waals surface area contributed by atoms with Crippen molar-refractivity contribution in [3.63, 3.8) is 0 Å². The lowest BCUT2D eigenvalue weighted by Gasteiger charge is -2.33. The van der Waals surface area contributed by atoms with E-state index in [1.807, 2.05) is 0 Å². The van der Waals surface area contributed by atoms with Crippen molar-refractivity contribution in [2.75, 3.05) is 26.7 Å². The minimum Gasteiger partial charge on any atom is -0.468 e. The van der Waals surface area contributed by atoms with Gasteiger partial charge in [0.2, 0.25) is 0 Å². The number of nitrogens with zero attached hydrogens (tertiary/aromatic N) is 1. The maximum atomic E-state index is 12.2. The number of esters is 1. The molecule has 0 radical (unpaired) electrons. The average Bonchev–Trinajstić information content (AvgIpc) is 2.60. The standard InChI is InChI=1S/C14H28N2O2/c1-5-12(3)15-14(13(17)18-4)8-7-10-16(6-2)11-9-14/h12,15H,5-11H2,1-4H3. The van der Waals surface area contributed by atoms with Crippen LogP contribution in [-0.4, -0.2) is 49.2 Å². The highest BCUT2D eigenvalue weighted by Gasteiger charge is 2.41. The first-order chi connectivity index (χ1) is 8.57. The predicted molar refractivity (Wildman–Crippen MR) is 73.6 cm³/mol. The van der Waals surface area contributed by atoms with Crippen molar-refractivity contribution in [1.82, 2.24) is 10.2 Å². The number of likely N-dealkylation sites (tertiary alicyclic amines) is 1. The van der Waals surface area contributed by atoms with Crippen LogP contribution in [0.2, 0.25) is 0 Å². The average molecular weight is 256 g/mol. The minimum absolute atomic E-state index is 0.0965. The summed E-state index contributed by atoms with van der Waals surface area (Å²) >= 11 is 0. The maximum Gasteiger partial charge on any atom is 0.326 e. The van der Waals surface area contributed by atoms with Gasteiger partial charge in [0.15, 0.2) is 0 Å². The van der Waals surface area contributed by atoms with Crippen molar-refractivity contribution in [2.24, 2.45) is 0 Å². The highest BCUT2D eigenvalue weighted by Crippen LogP contribution is 2.25. The molecule has 1 aliphatic heterocycles. The van der Waals surface area contributed by atoms with Gasteiger partial charge in [0.25, 0.3) is 0 Å². The van der Waals surface area contributed by atoms with Gasteiger partial charge in [-0.25, -0.2) is 0 Å². The zero-order valence-corrected chi connectivity index (χ0v) is 12.3. The van der Waals surface area contributed by atoms with Crippen LogP contribution in [0, 0.1) is 0 Å². The Morgan fingerprint density at radius 2 is 2.11 bits per heavy atom. The summed E-state index contributed by atoms with van der Waals surface area (Å²) in [7, 11) is 1.49. The lowest BCUT2D eigenvalue weighted by Crippen LogP contribution is -2.56. The van der Waals surface area contributed by atoms with E-state index in [-0.39, 0.29) is 5.97 Å². The van der Waals surface area contributed by atoms with Crippen LogP contribution in [0.4, 0.5) is 0 Å². The monoisotopic (exact) mass is 256 g/mol. The van der Waals surface area contributed by atoms with Crippen LogP contribution in [0.15, 0.2) is 0 Å². The quantitative estimate of drug-likeness (QED) is 0.762. The fourth-order valence-corrected chi connectivity index (χ4v) is 2.68. The molecule has 0 amide bonds. The van der Waals surface area contributed by atoms with Gasteiger partial charge in [-0.05, 0) is 45.7 Å². The Morgan fingerprint density at radius 1 is 1.39 bits per heavy atom. The first kappa shape index (κ1) is 15.4.